The zero-order valence-electron chi connectivity index (χ0n) is 9.67. The first kappa shape index (κ1) is 15.9. The molecule has 0 aliphatic carbocycles. The number of urea groups is 1. The second-order valence-corrected chi connectivity index (χ2v) is 2.99. The molecule has 0 saturated heterocycles. The molecule has 18 heavy (non-hydrogen) atoms. The van der Waals surface area contributed by atoms with Crippen molar-refractivity contribution in [2.24, 2.45) is 10.8 Å². The molecule has 0 aromatic rings. The predicted octanol–water partition coefficient (Wildman–Crippen LogP) is 1.08. The Morgan fingerprint density at radius 1 is 1.44 bits per heavy atom. The third-order valence-corrected chi connectivity index (χ3v) is 1.66. The van der Waals surface area contributed by atoms with E-state index in [0.717, 1.165) is 6.92 Å². The highest BCUT2D eigenvalue weighted by Gasteiger charge is 2.36. The minimum absolute atomic E-state index is 0.0576. The van der Waals surface area contributed by atoms with Crippen LogP contribution in [-0.4, -0.2) is 31.0 Å². The average Bonchev–Trinajstić information content (AvgIpc) is 2.21. The number of hydrazone groups is 1. The molecule has 0 aromatic heterocycles. The third kappa shape index (κ3) is 5.32. The Bertz CT molecular complexity index is 388. The minimum atomic E-state index is -4.81. The van der Waals surface area contributed by atoms with Crippen LogP contribution in [0.15, 0.2) is 16.2 Å². The SMILES string of the molecule is CCOC(=O)/C(C)=C(\C=N\NC(N)=O)C(F)(F)F. The molecule has 0 spiro atoms. The van der Waals surface area contributed by atoms with Gasteiger partial charge in [-0.15, -0.1) is 0 Å². The lowest BCUT2D eigenvalue weighted by molar-refractivity contribution is -0.139. The number of nitrogens with one attached hydrogen (secondary N) is 1. The first-order valence-corrected chi connectivity index (χ1v) is 4.73. The molecular weight excluding hydrogens is 255 g/mol. The lowest BCUT2D eigenvalue weighted by atomic mass is 10.1. The summed E-state index contributed by atoms with van der Waals surface area (Å²) in [6, 6.07) is -1.12. The lowest BCUT2D eigenvalue weighted by Gasteiger charge is -2.10. The van der Waals surface area contributed by atoms with Gasteiger partial charge in [0.05, 0.1) is 18.4 Å². The van der Waals surface area contributed by atoms with Crippen LogP contribution in [0.2, 0.25) is 0 Å². The lowest BCUT2D eigenvalue weighted by Crippen LogP contribution is -2.26. The number of amides is 2. The summed E-state index contributed by atoms with van der Waals surface area (Å²) in [5, 5.41) is 2.97. The summed E-state index contributed by atoms with van der Waals surface area (Å²) in [5.41, 5.74) is 4.22. The molecule has 102 valence electrons. The van der Waals surface area contributed by atoms with Gasteiger partial charge >= 0.3 is 18.2 Å². The first-order chi connectivity index (χ1) is 8.20. The van der Waals surface area contributed by atoms with E-state index in [4.69, 9.17) is 0 Å². The summed E-state index contributed by atoms with van der Waals surface area (Å²) in [4.78, 5) is 21.4. The van der Waals surface area contributed by atoms with Gasteiger partial charge in [0.2, 0.25) is 0 Å². The molecule has 0 rings (SSSR count). The van der Waals surface area contributed by atoms with Crippen LogP contribution in [0, 0.1) is 0 Å². The van der Waals surface area contributed by atoms with Crippen LogP contribution in [0.1, 0.15) is 13.8 Å². The van der Waals surface area contributed by atoms with Crippen LogP contribution in [0.4, 0.5) is 18.0 Å². The number of carbonyl (C=O) groups excluding carboxylic acids is 2. The highest BCUT2D eigenvalue weighted by atomic mass is 19.4. The van der Waals surface area contributed by atoms with Crippen molar-refractivity contribution in [2.45, 2.75) is 20.0 Å². The predicted molar refractivity (Wildman–Crippen MR) is 56.6 cm³/mol. The number of nitrogens with two attached hydrogens (primary N) is 1. The number of ether oxygens (including phenoxy) is 1. The fraction of sp³-hybridized carbons (Fsp3) is 0.444. The first-order valence-electron chi connectivity index (χ1n) is 4.73. The average molecular weight is 267 g/mol. The van der Waals surface area contributed by atoms with E-state index in [1.165, 1.54) is 6.92 Å². The second kappa shape index (κ2) is 6.62. The maximum Gasteiger partial charge on any atom is 0.418 e. The summed E-state index contributed by atoms with van der Waals surface area (Å²) in [6.45, 7) is 2.34. The quantitative estimate of drug-likeness (QED) is 0.345. The molecule has 0 atom stereocenters. The monoisotopic (exact) mass is 267 g/mol. The van der Waals surface area contributed by atoms with E-state index >= 15 is 0 Å². The largest absolute Gasteiger partial charge is 0.463 e. The van der Waals surface area contributed by atoms with Gasteiger partial charge in [-0.25, -0.2) is 15.0 Å². The van der Waals surface area contributed by atoms with Gasteiger partial charge in [0.15, 0.2) is 0 Å². The van der Waals surface area contributed by atoms with Crippen molar-refractivity contribution in [3.05, 3.63) is 11.1 Å². The minimum Gasteiger partial charge on any atom is -0.463 e. The third-order valence-electron chi connectivity index (χ3n) is 1.66. The highest BCUT2D eigenvalue weighted by molar-refractivity contribution is 5.97. The molecule has 3 N–H and O–H groups in total. The van der Waals surface area contributed by atoms with Crippen LogP contribution in [0.3, 0.4) is 0 Å². The molecule has 0 bridgehead atoms. The van der Waals surface area contributed by atoms with Crippen molar-refractivity contribution in [3.63, 3.8) is 0 Å². The molecule has 6 nitrogen and oxygen atoms in total. The van der Waals surface area contributed by atoms with Gasteiger partial charge in [-0.2, -0.15) is 18.3 Å². The van der Waals surface area contributed by atoms with Crippen LogP contribution in [0.25, 0.3) is 0 Å². The summed E-state index contributed by atoms with van der Waals surface area (Å²) >= 11 is 0. The van der Waals surface area contributed by atoms with E-state index in [-0.39, 0.29) is 12.8 Å². The van der Waals surface area contributed by atoms with Gasteiger partial charge in [0.1, 0.15) is 0 Å². The van der Waals surface area contributed by atoms with Gasteiger partial charge in [-0.05, 0) is 13.8 Å². The topological polar surface area (TPSA) is 93.8 Å². The molecule has 0 saturated carbocycles. The maximum absolute atomic E-state index is 12.6. The van der Waals surface area contributed by atoms with Gasteiger partial charge in [-0.3, -0.25) is 0 Å². The number of nitrogens with zero attached hydrogens (tertiary/aromatic N) is 1. The van der Waals surface area contributed by atoms with Crippen LogP contribution < -0.4 is 11.2 Å². The van der Waals surface area contributed by atoms with Crippen LogP contribution in [-0.2, 0) is 9.53 Å². The van der Waals surface area contributed by atoms with E-state index in [0.29, 0.717) is 0 Å². The van der Waals surface area contributed by atoms with Crippen molar-refractivity contribution in [3.8, 4) is 0 Å². The van der Waals surface area contributed by atoms with Crippen molar-refractivity contribution in [1.82, 2.24) is 5.43 Å². The molecule has 9 heteroatoms. The Kier molecular flexibility index (Phi) is 5.86. The molecule has 0 unspecified atom stereocenters. The van der Waals surface area contributed by atoms with E-state index < -0.39 is 29.3 Å². The Balaban J connectivity index is 5.23. The molecule has 2 amide bonds. The molecule has 0 fully saturated rings. The van der Waals surface area contributed by atoms with Gasteiger partial charge in [0.25, 0.3) is 0 Å². The number of hydrogen-bond acceptors (Lipinski definition) is 4. The second-order valence-electron chi connectivity index (χ2n) is 2.99. The number of halogens is 3. The van der Waals surface area contributed by atoms with Crippen molar-refractivity contribution in [1.29, 1.82) is 0 Å². The summed E-state index contributed by atoms with van der Waals surface area (Å²) in [7, 11) is 0. The fourth-order valence-electron chi connectivity index (χ4n) is 0.892. The Hall–Kier alpha value is -2.06. The van der Waals surface area contributed by atoms with E-state index in [1.54, 1.807) is 5.43 Å². The highest BCUT2D eigenvalue weighted by Crippen LogP contribution is 2.27. The number of allylic oxidation sites excluding steroid dienone is 1. The maximum atomic E-state index is 12.6. The number of esters is 1. The molecular formula is C9H12F3N3O3. The van der Waals surface area contributed by atoms with Gasteiger partial charge < -0.3 is 10.5 Å². The molecule has 0 aliphatic heterocycles. The van der Waals surface area contributed by atoms with E-state index in [2.05, 4.69) is 15.6 Å². The number of alkyl halides is 3. The van der Waals surface area contributed by atoms with E-state index in [9.17, 15) is 22.8 Å². The van der Waals surface area contributed by atoms with E-state index in [1.807, 2.05) is 0 Å². The zero-order valence-corrected chi connectivity index (χ0v) is 9.67. The van der Waals surface area contributed by atoms with Crippen LogP contribution >= 0.6 is 0 Å². The molecule has 0 aromatic carbocycles. The standard InChI is InChI=1S/C9H12F3N3O3/c1-3-18-7(16)5(2)6(9(10,11)12)4-14-15-8(13)17/h4H,3H2,1-2H3,(H3,13,15,17)/b6-5+,14-4+. The Morgan fingerprint density at radius 3 is 2.39 bits per heavy atom. The van der Waals surface area contributed by atoms with Crippen molar-refractivity contribution in [2.75, 3.05) is 6.61 Å². The smallest absolute Gasteiger partial charge is 0.418 e. The summed E-state index contributed by atoms with van der Waals surface area (Å²) < 4.78 is 42.2. The van der Waals surface area contributed by atoms with Crippen LogP contribution in [0.5, 0.6) is 0 Å². The van der Waals surface area contributed by atoms with Gasteiger partial charge in [-0.1, -0.05) is 0 Å². The normalized spacial score (nSPS) is 13.2. The molecule has 0 aliphatic rings. The zero-order chi connectivity index (χ0) is 14.3. The summed E-state index contributed by atoms with van der Waals surface area (Å²) in [6.07, 6.45) is -4.52. The fourth-order valence-corrected chi connectivity index (χ4v) is 0.892. The Morgan fingerprint density at radius 2 is 2.00 bits per heavy atom. The van der Waals surface area contributed by atoms with Crippen molar-refractivity contribution >= 4 is 18.2 Å². The number of carbonyl (C=O) groups is 2. The molecule has 0 heterocycles. The number of hydrogen-bond donors (Lipinski definition) is 2. The number of rotatable bonds is 4. The van der Waals surface area contributed by atoms with Gasteiger partial charge in [0, 0.05) is 5.57 Å². The summed E-state index contributed by atoms with van der Waals surface area (Å²) in [5.74, 6) is -1.12. The molecule has 0 radical (unpaired) electrons. The number of primary amides is 1. The Labute approximate surface area is 101 Å². The van der Waals surface area contributed by atoms with Crippen molar-refractivity contribution < 1.29 is 27.5 Å².